The fraction of sp³-hybridized carbons (Fsp3) is 0.500. The van der Waals surface area contributed by atoms with Crippen LogP contribution in [0.1, 0.15) is 32.4 Å². The number of pyridine rings is 2. The Hall–Kier alpha value is -2.88. The topological polar surface area (TPSA) is 101 Å². The Morgan fingerprint density at radius 2 is 2.08 bits per heavy atom. The fourth-order valence-corrected chi connectivity index (χ4v) is 4.59. The molecule has 0 amide bonds. The van der Waals surface area contributed by atoms with Gasteiger partial charge in [0.15, 0.2) is 17.8 Å². The normalized spacial score (nSPS) is 21.8. The quantitative estimate of drug-likeness (QED) is 0.258. The van der Waals surface area contributed by atoms with Crippen molar-refractivity contribution in [3.05, 3.63) is 30.3 Å². The van der Waals surface area contributed by atoms with E-state index in [4.69, 9.17) is 14.4 Å². The van der Waals surface area contributed by atoms with Gasteiger partial charge in [-0.1, -0.05) is 4.33 Å². The molecule has 0 N–H and O–H groups in total. The van der Waals surface area contributed by atoms with Gasteiger partial charge in [-0.15, -0.1) is 0 Å². The molecule has 5 rings (SSSR count). The number of nitrogens with zero attached hydrogens (tertiary/aromatic N) is 5. The third-order valence-electron chi connectivity index (χ3n) is 6.12. The first kappa shape index (κ1) is 25.8. The van der Waals surface area contributed by atoms with Crippen LogP contribution in [0.3, 0.4) is 0 Å². The van der Waals surface area contributed by atoms with Gasteiger partial charge in [-0.05, 0) is 32.3 Å². The van der Waals surface area contributed by atoms with E-state index in [-0.39, 0.29) is 34.7 Å². The predicted molar refractivity (Wildman–Crippen MR) is 123 cm³/mol. The van der Waals surface area contributed by atoms with Gasteiger partial charge in [0.2, 0.25) is 0 Å². The molecule has 10 nitrogen and oxygen atoms in total. The van der Waals surface area contributed by atoms with Gasteiger partial charge >= 0.3 is 16.6 Å². The molecule has 2 saturated heterocycles. The fourth-order valence-electron chi connectivity index (χ4n) is 4.38. The van der Waals surface area contributed by atoms with Gasteiger partial charge in [-0.25, -0.2) is 23.2 Å². The number of rotatable bonds is 6. The maximum atomic E-state index is 15.1. The summed E-state index contributed by atoms with van der Waals surface area (Å²) in [6.07, 6.45) is 4.66. The Balaban J connectivity index is 1.65. The van der Waals surface area contributed by atoms with Crippen molar-refractivity contribution in [1.29, 1.82) is 0 Å². The molecular formula is C22H23F4N5O5S. The van der Waals surface area contributed by atoms with Crippen LogP contribution in [0, 0.1) is 5.82 Å². The lowest BCUT2D eigenvalue weighted by Gasteiger charge is -2.34. The SMILES string of the molecule is CC1COCCN1c1cc(OOS(=O)C(F)(F)F)c2c(F)cnc(-c3ccnn3C3CCCCO3)c2n1. The van der Waals surface area contributed by atoms with Crippen molar-refractivity contribution in [2.24, 2.45) is 0 Å². The number of hydrogen-bond acceptors (Lipinski definition) is 9. The van der Waals surface area contributed by atoms with Gasteiger partial charge in [-0.2, -0.15) is 18.3 Å². The van der Waals surface area contributed by atoms with Crippen LogP contribution < -0.4 is 9.79 Å². The van der Waals surface area contributed by atoms with Crippen LogP contribution >= 0.6 is 0 Å². The molecule has 0 radical (unpaired) electrons. The molecule has 0 bridgehead atoms. The van der Waals surface area contributed by atoms with Crippen molar-refractivity contribution in [3.8, 4) is 17.1 Å². The first-order chi connectivity index (χ1) is 17.7. The molecule has 3 unspecified atom stereocenters. The van der Waals surface area contributed by atoms with Crippen molar-refractivity contribution in [2.45, 2.75) is 44.0 Å². The third-order valence-corrected chi connectivity index (χ3v) is 6.69. The van der Waals surface area contributed by atoms with Crippen LogP contribution in [-0.2, 0) is 24.9 Å². The highest BCUT2D eigenvalue weighted by Gasteiger charge is 2.40. The first-order valence-electron chi connectivity index (χ1n) is 11.6. The smallest absolute Gasteiger partial charge is 0.377 e. The zero-order valence-corrected chi connectivity index (χ0v) is 20.4. The van der Waals surface area contributed by atoms with E-state index in [0.29, 0.717) is 38.5 Å². The summed E-state index contributed by atoms with van der Waals surface area (Å²) in [6, 6.07) is 2.76. The van der Waals surface area contributed by atoms with E-state index in [0.717, 1.165) is 19.0 Å². The zero-order chi connectivity index (χ0) is 26.2. The van der Waals surface area contributed by atoms with Crippen LogP contribution in [-0.4, -0.2) is 61.9 Å². The molecule has 0 aliphatic carbocycles. The number of ether oxygens (including phenoxy) is 2. The minimum absolute atomic E-state index is 0.00476. The van der Waals surface area contributed by atoms with Crippen LogP contribution in [0.25, 0.3) is 22.3 Å². The van der Waals surface area contributed by atoms with E-state index in [2.05, 4.69) is 19.4 Å². The molecule has 0 saturated carbocycles. The number of hydrogen-bond donors (Lipinski definition) is 0. The zero-order valence-electron chi connectivity index (χ0n) is 19.6. The van der Waals surface area contributed by atoms with Gasteiger partial charge in [0, 0.05) is 25.4 Å². The summed E-state index contributed by atoms with van der Waals surface area (Å²) in [5, 5.41) is 4.07. The molecule has 5 heterocycles. The third kappa shape index (κ3) is 5.26. The predicted octanol–water partition coefficient (Wildman–Crippen LogP) is 4.05. The molecule has 3 atom stereocenters. The molecule has 37 heavy (non-hydrogen) atoms. The Labute approximate surface area is 211 Å². The van der Waals surface area contributed by atoms with Crippen molar-refractivity contribution in [3.63, 3.8) is 0 Å². The summed E-state index contributed by atoms with van der Waals surface area (Å²) >= 11 is -3.79. The molecule has 3 aromatic heterocycles. The minimum Gasteiger partial charge on any atom is -0.377 e. The van der Waals surface area contributed by atoms with Crippen LogP contribution in [0.2, 0.25) is 0 Å². The van der Waals surface area contributed by atoms with Crippen molar-refractivity contribution < 1.29 is 40.5 Å². The van der Waals surface area contributed by atoms with Gasteiger partial charge in [0.25, 0.3) is 0 Å². The van der Waals surface area contributed by atoms with E-state index in [1.807, 2.05) is 11.8 Å². The second-order valence-corrected chi connectivity index (χ2v) is 9.66. The molecular weight excluding hydrogens is 522 g/mol. The number of anilines is 1. The van der Waals surface area contributed by atoms with E-state index in [1.54, 1.807) is 16.9 Å². The van der Waals surface area contributed by atoms with E-state index in [9.17, 15) is 17.4 Å². The van der Waals surface area contributed by atoms with Crippen LogP contribution in [0.15, 0.2) is 24.5 Å². The monoisotopic (exact) mass is 545 g/mol. The van der Waals surface area contributed by atoms with Gasteiger partial charge in [0.1, 0.15) is 17.0 Å². The largest absolute Gasteiger partial charge is 0.500 e. The Morgan fingerprint density at radius 3 is 2.81 bits per heavy atom. The molecule has 200 valence electrons. The second kappa shape index (κ2) is 10.5. The van der Waals surface area contributed by atoms with Gasteiger partial charge in [-0.3, -0.25) is 0 Å². The van der Waals surface area contributed by atoms with Crippen molar-refractivity contribution >= 4 is 27.8 Å². The molecule has 0 aromatic carbocycles. The second-order valence-electron chi connectivity index (χ2n) is 8.59. The average molecular weight is 546 g/mol. The number of fused-ring (bicyclic) bond motifs is 1. The van der Waals surface area contributed by atoms with E-state index >= 15 is 4.39 Å². The van der Waals surface area contributed by atoms with Gasteiger partial charge < -0.3 is 19.3 Å². The van der Waals surface area contributed by atoms with Crippen LogP contribution in [0.5, 0.6) is 5.75 Å². The highest BCUT2D eigenvalue weighted by atomic mass is 32.2. The number of halogens is 4. The van der Waals surface area contributed by atoms with E-state index in [1.165, 1.54) is 6.07 Å². The lowest BCUT2D eigenvalue weighted by molar-refractivity contribution is -0.117. The maximum absolute atomic E-state index is 15.1. The summed E-state index contributed by atoms with van der Waals surface area (Å²) in [5.74, 6) is -1.07. The first-order valence-corrected chi connectivity index (χ1v) is 12.6. The number of alkyl halides is 3. The Morgan fingerprint density at radius 1 is 1.24 bits per heavy atom. The summed E-state index contributed by atoms with van der Waals surface area (Å²) in [7, 11) is 0. The minimum atomic E-state index is -5.19. The average Bonchev–Trinajstić information content (AvgIpc) is 3.37. The maximum Gasteiger partial charge on any atom is 0.500 e. The Bertz CT molecular complexity index is 1300. The van der Waals surface area contributed by atoms with Crippen LogP contribution in [0.4, 0.5) is 23.4 Å². The lowest BCUT2D eigenvalue weighted by atomic mass is 10.1. The summed E-state index contributed by atoms with van der Waals surface area (Å²) < 4.78 is 82.0. The van der Waals surface area contributed by atoms with Crippen molar-refractivity contribution in [1.82, 2.24) is 19.7 Å². The standard InChI is InChI=1S/C22H23F4N5O5S/c1-13-12-33-9-7-30(13)17-10-16(35-36-37(32)22(24,25)26)19-14(23)11-27-20(21(19)29-17)15-5-6-28-31(15)18-4-2-3-8-34-18/h5-6,10-11,13,18H,2-4,7-9,12H2,1H3. The highest BCUT2D eigenvalue weighted by molar-refractivity contribution is 7.81. The molecule has 3 aromatic rings. The number of aromatic nitrogens is 4. The molecule has 0 spiro atoms. The summed E-state index contributed by atoms with van der Waals surface area (Å²) in [5.41, 5.74) is -4.50. The van der Waals surface area contributed by atoms with Crippen molar-refractivity contribution in [2.75, 3.05) is 31.3 Å². The molecule has 2 fully saturated rings. The van der Waals surface area contributed by atoms with Gasteiger partial charge in [0.05, 0.1) is 36.5 Å². The lowest BCUT2D eigenvalue weighted by Crippen LogP contribution is -2.44. The molecule has 2 aliphatic rings. The summed E-state index contributed by atoms with van der Waals surface area (Å²) in [4.78, 5) is 15.6. The molecule has 2 aliphatic heterocycles. The number of morpholine rings is 1. The molecule has 15 heteroatoms. The van der Waals surface area contributed by atoms with E-state index < -0.39 is 28.2 Å². The Kier molecular flexibility index (Phi) is 7.29. The highest BCUT2D eigenvalue weighted by Crippen LogP contribution is 2.38. The summed E-state index contributed by atoms with van der Waals surface area (Å²) in [6.45, 7) is 3.62.